The summed E-state index contributed by atoms with van der Waals surface area (Å²) in [6, 6.07) is 11.7. The van der Waals surface area contributed by atoms with Crippen molar-refractivity contribution in [3.05, 3.63) is 52.5 Å². The Kier molecular flexibility index (Phi) is 4.30. The Balaban J connectivity index is 2.28. The Morgan fingerprint density at radius 1 is 0.947 bits per heavy atom. The summed E-state index contributed by atoms with van der Waals surface area (Å²) in [6.45, 7) is 1.31. The summed E-state index contributed by atoms with van der Waals surface area (Å²) in [6.07, 6.45) is 0. The van der Waals surface area contributed by atoms with E-state index < -0.39 is 5.97 Å². The van der Waals surface area contributed by atoms with Crippen LogP contribution in [0.1, 0.15) is 6.92 Å². The van der Waals surface area contributed by atoms with Crippen LogP contribution >= 0.6 is 23.2 Å². The van der Waals surface area contributed by atoms with Crippen molar-refractivity contribution in [1.82, 2.24) is 0 Å². The highest BCUT2D eigenvalue weighted by Gasteiger charge is 2.09. The second-order valence-corrected chi connectivity index (χ2v) is 4.61. The molecule has 0 aliphatic heterocycles. The second kappa shape index (κ2) is 5.95. The highest BCUT2D eigenvalue weighted by Crippen LogP contribution is 2.34. The van der Waals surface area contributed by atoms with Gasteiger partial charge in [0.15, 0.2) is 11.5 Å². The SMILES string of the molecule is CC(=O)Oc1cc(Cl)ccc1Oc1ccc(Cl)cc1. The summed E-state index contributed by atoms with van der Waals surface area (Å²) in [5.41, 5.74) is 0. The smallest absolute Gasteiger partial charge is 0.308 e. The van der Waals surface area contributed by atoms with Gasteiger partial charge in [-0.05, 0) is 36.4 Å². The Labute approximate surface area is 120 Å². The molecule has 0 atom stereocenters. The molecule has 0 saturated heterocycles. The van der Waals surface area contributed by atoms with E-state index in [1.165, 1.54) is 13.0 Å². The molecule has 0 aliphatic rings. The first-order valence-corrected chi connectivity index (χ1v) is 6.21. The molecule has 0 saturated carbocycles. The van der Waals surface area contributed by atoms with Gasteiger partial charge in [-0.15, -0.1) is 0 Å². The predicted octanol–water partition coefficient (Wildman–Crippen LogP) is 4.71. The summed E-state index contributed by atoms with van der Waals surface area (Å²) < 4.78 is 10.7. The third-order valence-electron chi connectivity index (χ3n) is 2.20. The number of benzene rings is 2. The molecule has 3 nitrogen and oxygen atoms in total. The van der Waals surface area contributed by atoms with Gasteiger partial charge in [0.25, 0.3) is 0 Å². The van der Waals surface area contributed by atoms with Crippen molar-refractivity contribution in [2.45, 2.75) is 6.92 Å². The quantitative estimate of drug-likeness (QED) is 0.608. The van der Waals surface area contributed by atoms with Crippen LogP contribution in [0.4, 0.5) is 0 Å². The molecule has 2 aromatic carbocycles. The first-order valence-electron chi connectivity index (χ1n) is 5.46. The Bertz CT molecular complexity index is 594. The fraction of sp³-hybridized carbons (Fsp3) is 0.0714. The predicted molar refractivity (Wildman–Crippen MR) is 74.3 cm³/mol. The van der Waals surface area contributed by atoms with E-state index in [1.807, 2.05) is 0 Å². The van der Waals surface area contributed by atoms with E-state index in [0.717, 1.165) is 0 Å². The first kappa shape index (κ1) is 13.7. The van der Waals surface area contributed by atoms with E-state index in [2.05, 4.69) is 0 Å². The van der Waals surface area contributed by atoms with Crippen molar-refractivity contribution in [1.29, 1.82) is 0 Å². The summed E-state index contributed by atoms with van der Waals surface area (Å²) in [7, 11) is 0. The number of esters is 1. The molecule has 98 valence electrons. The number of carbonyl (C=O) groups is 1. The van der Waals surface area contributed by atoms with Gasteiger partial charge in [-0.1, -0.05) is 23.2 Å². The van der Waals surface area contributed by atoms with Crippen molar-refractivity contribution in [3.63, 3.8) is 0 Å². The summed E-state index contributed by atoms with van der Waals surface area (Å²) >= 11 is 11.7. The van der Waals surface area contributed by atoms with Crippen molar-refractivity contribution in [3.8, 4) is 17.2 Å². The first-order chi connectivity index (χ1) is 9.04. The Morgan fingerprint density at radius 3 is 2.21 bits per heavy atom. The van der Waals surface area contributed by atoms with Gasteiger partial charge in [0.1, 0.15) is 5.75 Å². The summed E-state index contributed by atoms with van der Waals surface area (Å²) in [5.74, 6) is 0.820. The van der Waals surface area contributed by atoms with Gasteiger partial charge in [0.05, 0.1) is 0 Å². The second-order valence-electron chi connectivity index (χ2n) is 3.74. The zero-order valence-corrected chi connectivity index (χ0v) is 11.5. The number of hydrogen-bond acceptors (Lipinski definition) is 3. The van der Waals surface area contributed by atoms with Crippen LogP contribution in [0.2, 0.25) is 10.0 Å². The number of ether oxygens (including phenoxy) is 2. The van der Waals surface area contributed by atoms with Crippen LogP contribution < -0.4 is 9.47 Å². The van der Waals surface area contributed by atoms with E-state index in [1.54, 1.807) is 36.4 Å². The molecule has 0 radical (unpaired) electrons. The minimum atomic E-state index is -0.441. The van der Waals surface area contributed by atoms with Crippen LogP contribution in [-0.4, -0.2) is 5.97 Å². The average Bonchev–Trinajstić information content (AvgIpc) is 2.34. The largest absolute Gasteiger partial charge is 0.453 e. The van der Waals surface area contributed by atoms with Crippen LogP contribution in [0.3, 0.4) is 0 Å². The van der Waals surface area contributed by atoms with E-state index >= 15 is 0 Å². The van der Waals surface area contributed by atoms with E-state index in [0.29, 0.717) is 21.5 Å². The van der Waals surface area contributed by atoms with Crippen molar-refractivity contribution in [2.75, 3.05) is 0 Å². The number of hydrogen-bond donors (Lipinski definition) is 0. The molecular formula is C14H10Cl2O3. The molecular weight excluding hydrogens is 287 g/mol. The van der Waals surface area contributed by atoms with E-state index in [-0.39, 0.29) is 5.75 Å². The molecule has 0 spiro atoms. The fourth-order valence-corrected chi connectivity index (χ4v) is 1.72. The van der Waals surface area contributed by atoms with Crippen LogP contribution in [0.25, 0.3) is 0 Å². The zero-order chi connectivity index (χ0) is 13.8. The average molecular weight is 297 g/mol. The lowest BCUT2D eigenvalue weighted by Gasteiger charge is -2.10. The molecule has 2 rings (SSSR count). The number of halogens is 2. The van der Waals surface area contributed by atoms with Gasteiger partial charge in [0.2, 0.25) is 0 Å². The van der Waals surface area contributed by atoms with Crippen LogP contribution in [0, 0.1) is 0 Å². The maximum absolute atomic E-state index is 11.0. The molecule has 2 aromatic rings. The van der Waals surface area contributed by atoms with Crippen molar-refractivity contribution in [2.24, 2.45) is 0 Å². The molecule has 0 bridgehead atoms. The van der Waals surface area contributed by atoms with Gasteiger partial charge in [-0.2, -0.15) is 0 Å². The van der Waals surface area contributed by atoms with Gasteiger partial charge in [-0.25, -0.2) is 0 Å². The van der Waals surface area contributed by atoms with Crippen molar-refractivity contribution >= 4 is 29.2 Å². The fourth-order valence-electron chi connectivity index (χ4n) is 1.43. The lowest BCUT2D eigenvalue weighted by molar-refractivity contribution is -0.131. The minimum Gasteiger partial charge on any atom is -0.453 e. The van der Waals surface area contributed by atoms with Crippen LogP contribution in [0.15, 0.2) is 42.5 Å². The zero-order valence-electron chi connectivity index (χ0n) is 10.0. The standard InChI is InChI=1S/C14H10Cl2O3/c1-9(17)18-14-8-11(16)4-7-13(14)19-12-5-2-10(15)3-6-12/h2-8H,1H3. The third-order valence-corrected chi connectivity index (χ3v) is 2.69. The highest BCUT2D eigenvalue weighted by atomic mass is 35.5. The van der Waals surface area contributed by atoms with E-state index in [9.17, 15) is 4.79 Å². The van der Waals surface area contributed by atoms with Crippen molar-refractivity contribution < 1.29 is 14.3 Å². The lowest BCUT2D eigenvalue weighted by atomic mass is 10.3. The van der Waals surface area contributed by atoms with Gasteiger partial charge in [-0.3, -0.25) is 4.79 Å². The molecule has 0 N–H and O–H groups in total. The molecule has 0 aromatic heterocycles. The number of rotatable bonds is 3. The molecule has 5 heteroatoms. The molecule has 0 aliphatic carbocycles. The lowest BCUT2D eigenvalue weighted by Crippen LogP contribution is -2.02. The van der Waals surface area contributed by atoms with Crippen LogP contribution in [0.5, 0.6) is 17.2 Å². The van der Waals surface area contributed by atoms with Gasteiger partial charge < -0.3 is 9.47 Å². The topological polar surface area (TPSA) is 35.5 Å². The molecule has 19 heavy (non-hydrogen) atoms. The van der Waals surface area contributed by atoms with Gasteiger partial charge >= 0.3 is 5.97 Å². The Hall–Kier alpha value is -1.71. The highest BCUT2D eigenvalue weighted by molar-refractivity contribution is 6.31. The molecule has 0 fully saturated rings. The molecule has 0 heterocycles. The monoisotopic (exact) mass is 296 g/mol. The maximum Gasteiger partial charge on any atom is 0.308 e. The molecule has 0 unspecified atom stereocenters. The number of carbonyl (C=O) groups excluding carboxylic acids is 1. The normalized spacial score (nSPS) is 10.1. The third kappa shape index (κ3) is 3.88. The van der Waals surface area contributed by atoms with Gasteiger partial charge in [0, 0.05) is 23.0 Å². The minimum absolute atomic E-state index is 0.273. The van der Waals surface area contributed by atoms with E-state index in [4.69, 9.17) is 32.7 Å². The maximum atomic E-state index is 11.0. The molecule has 0 amide bonds. The Morgan fingerprint density at radius 2 is 1.58 bits per heavy atom. The summed E-state index contributed by atoms with van der Waals surface area (Å²) in [4.78, 5) is 11.0. The van der Waals surface area contributed by atoms with Crippen LogP contribution in [-0.2, 0) is 4.79 Å². The summed E-state index contributed by atoms with van der Waals surface area (Å²) in [5, 5.41) is 1.07.